The molecule has 1 rings (SSSR count). The van der Waals surface area contributed by atoms with Crippen molar-refractivity contribution in [2.75, 3.05) is 18.9 Å². The van der Waals surface area contributed by atoms with Crippen LogP contribution < -0.4 is 10.5 Å². The first-order valence-corrected chi connectivity index (χ1v) is 5.75. The average Bonchev–Trinajstić information content (AvgIpc) is 2.35. The van der Waals surface area contributed by atoms with Crippen LogP contribution in [0.4, 0.5) is 5.69 Å². The fourth-order valence-corrected chi connectivity index (χ4v) is 1.37. The minimum Gasteiger partial charge on any atom is -0.493 e. The predicted molar refractivity (Wildman–Crippen MR) is 67.2 cm³/mol. The van der Waals surface area contributed by atoms with Gasteiger partial charge in [0.25, 0.3) is 0 Å². The Bertz CT molecular complexity index is 452. The SMILES string of the molecule is CCOC(=O)c1ccc(N)cc1OCCCC#N. The van der Waals surface area contributed by atoms with Gasteiger partial charge in [-0.3, -0.25) is 0 Å². The van der Waals surface area contributed by atoms with Gasteiger partial charge in [0.2, 0.25) is 0 Å². The molecule has 0 aliphatic carbocycles. The van der Waals surface area contributed by atoms with E-state index >= 15 is 0 Å². The number of anilines is 1. The Morgan fingerprint density at radius 1 is 1.50 bits per heavy atom. The number of nitrogen functional groups attached to an aromatic ring is 1. The van der Waals surface area contributed by atoms with Crippen LogP contribution in [0.3, 0.4) is 0 Å². The van der Waals surface area contributed by atoms with Gasteiger partial charge in [0.1, 0.15) is 11.3 Å². The van der Waals surface area contributed by atoms with Crippen molar-refractivity contribution in [3.8, 4) is 11.8 Å². The van der Waals surface area contributed by atoms with E-state index in [2.05, 4.69) is 0 Å². The molecule has 96 valence electrons. The highest BCUT2D eigenvalue weighted by atomic mass is 16.5. The second kappa shape index (κ2) is 7.17. The van der Waals surface area contributed by atoms with Crippen molar-refractivity contribution in [2.24, 2.45) is 0 Å². The highest BCUT2D eigenvalue weighted by Crippen LogP contribution is 2.23. The van der Waals surface area contributed by atoms with E-state index in [0.29, 0.717) is 43.1 Å². The number of hydrogen-bond donors (Lipinski definition) is 1. The van der Waals surface area contributed by atoms with Gasteiger partial charge in [0.05, 0.1) is 19.3 Å². The van der Waals surface area contributed by atoms with Crippen LogP contribution in [0.15, 0.2) is 18.2 Å². The van der Waals surface area contributed by atoms with E-state index in [1.807, 2.05) is 6.07 Å². The largest absolute Gasteiger partial charge is 0.493 e. The molecule has 0 heterocycles. The predicted octanol–water partition coefficient (Wildman–Crippen LogP) is 2.13. The van der Waals surface area contributed by atoms with Crippen LogP contribution in [-0.4, -0.2) is 19.2 Å². The Balaban J connectivity index is 2.77. The summed E-state index contributed by atoms with van der Waals surface area (Å²) < 4.78 is 10.4. The van der Waals surface area contributed by atoms with Crippen molar-refractivity contribution in [2.45, 2.75) is 19.8 Å². The van der Waals surface area contributed by atoms with E-state index < -0.39 is 5.97 Å². The van der Waals surface area contributed by atoms with Crippen LogP contribution in [0.2, 0.25) is 0 Å². The standard InChI is InChI=1S/C13H16N2O3/c1-2-17-13(16)11-6-5-10(15)9-12(11)18-8-4-3-7-14/h5-6,9H,2-4,8,15H2,1H3. The van der Waals surface area contributed by atoms with Gasteiger partial charge in [-0.2, -0.15) is 5.26 Å². The van der Waals surface area contributed by atoms with Crippen molar-refractivity contribution in [3.05, 3.63) is 23.8 Å². The van der Waals surface area contributed by atoms with Crippen molar-refractivity contribution < 1.29 is 14.3 Å². The summed E-state index contributed by atoms with van der Waals surface area (Å²) in [6.45, 7) is 2.41. The van der Waals surface area contributed by atoms with Gasteiger partial charge in [0.15, 0.2) is 0 Å². The second-order valence-electron chi connectivity index (χ2n) is 3.59. The second-order valence-corrected chi connectivity index (χ2v) is 3.59. The Kier molecular flexibility index (Phi) is 5.52. The van der Waals surface area contributed by atoms with Crippen molar-refractivity contribution >= 4 is 11.7 Å². The monoisotopic (exact) mass is 248 g/mol. The molecule has 0 amide bonds. The Hall–Kier alpha value is -2.22. The molecule has 18 heavy (non-hydrogen) atoms. The summed E-state index contributed by atoms with van der Waals surface area (Å²) in [7, 11) is 0. The molecule has 0 saturated carbocycles. The van der Waals surface area contributed by atoms with Crippen LogP contribution in [0.25, 0.3) is 0 Å². The zero-order valence-electron chi connectivity index (χ0n) is 10.3. The molecule has 1 aromatic rings. The normalized spacial score (nSPS) is 9.56. The number of unbranched alkanes of at least 4 members (excludes halogenated alkanes) is 1. The number of benzene rings is 1. The number of nitrogens with zero attached hydrogens (tertiary/aromatic N) is 1. The first-order valence-electron chi connectivity index (χ1n) is 5.75. The van der Waals surface area contributed by atoms with E-state index in [1.165, 1.54) is 0 Å². The van der Waals surface area contributed by atoms with Gasteiger partial charge < -0.3 is 15.2 Å². The highest BCUT2D eigenvalue weighted by molar-refractivity contribution is 5.93. The fraction of sp³-hybridized carbons (Fsp3) is 0.385. The molecule has 0 radical (unpaired) electrons. The molecule has 0 bridgehead atoms. The number of ether oxygens (including phenoxy) is 2. The van der Waals surface area contributed by atoms with Gasteiger partial charge in [0, 0.05) is 18.2 Å². The van der Waals surface area contributed by atoms with E-state index in [9.17, 15) is 4.79 Å². The Labute approximate surface area is 106 Å². The molecule has 5 nitrogen and oxygen atoms in total. The van der Waals surface area contributed by atoms with E-state index in [4.69, 9.17) is 20.5 Å². The maximum absolute atomic E-state index is 11.7. The van der Waals surface area contributed by atoms with Gasteiger partial charge >= 0.3 is 5.97 Å². The third-order valence-corrected chi connectivity index (χ3v) is 2.19. The summed E-state index contributed by atoms with van der Waals surface area (Å²) in [6, 6.07) is 6.80. The maximum atomic E-state index is 11.7. The number of carbonyl (C=O) groups is 1. The molecule has 0 atom stereocenters. The number of nitrogens with two attached hydrogens (primary N) is 1. The number of esters is 1. The van der Waals surface area contributed by atoms with Gasteiger partial charge in [-0.25, -0.2) is 4.79 Å². The third-order valence-electron chi connectivity index (χ3n) is 2.19. The van der Waals surface area contributed by atoms with E-state index in [-0.39, 0.29) is 0 Å². The molecular formula is C13H16N2O3. The van der Waals surface area contributed by atoms with Crippen molar-refractivity contribution in [3.63, 3.8) is 0 Å². The molecule has 0 saturated heterocycles. The zero-order chi connectivity index (χ0) is 13.4. The lowest BCUT2D eigenvalue weighted by Gasteiger charge is -2.11. The first kappa shape index (κ1) is 13.8. The van der Waals surface area contributed by atoms with E-state index in [1.54, 1.807) is 25.1 Å². The molecule has 0 spiro atoms. The van der Waals surface area contributed by atoms with Crippen LogP contribution >= 0.6 is 0 Å². The summed E-state index contributed by atoms with van der Waals surface area (Å²) in [4.78, 5) is 11.7. The minimum absolute atomic E-state index is 0.303. The number of carbonyl (C=O) groups excluding carboxylic acids is 1. The highest BCUT2D eigenvalue weighted by Gasteiger charge is 2.13. The molecule has 2 N–H and O–H groups in total. The van der Waals surface area contributed by atoms with Crippen molar-refractivity contribution in [1.82, 2.24) is 0 Å². The quantitative estimate of drug-likeness (QED) is 0.473. The third kappa shape index (κ3) is 3.98. The lowest BCUT2D eigenvalue weighted by Crippen LogP contribution is -2.09. The smallest absolute Gasteiger partial charge is 0.341 e. The van der Waals surface area contributed by atoms with Gasteiger partial charge in [-0.1, -0.05) is 0 Å². The van der Waals surface area contributed by atoms with Crippen LogP contribution in [0, 0.1) is 11.3 Å². The average molecular weight is 248 g/mol. The minimum atomic E-state index is -0.437. The van der Waals surface area contributed by atoms with Crippen molar-refractivity contribution in [1.29, 1.82) is 5.26 Å². The van der Waals surface area contributed by atoms with E-state index in [0.717, 1.165) is 0 Å². The summed E-state index contributed by atoms with van der Waals surface area (Å²) in [5, 5.41) is 8.42. The van der Waals surface area contributed by atoms with Crippen LogP contribution in [-0.2, 0) is 4.74 Å². The summed E-state index contributed by atoms with van der Waals surface area (Å²) in [5.41, 5.74) is 6.51. The van der Waals surface area contributed by atoms with Gasteiger partial charge in [-0.15, -0.1) is 0 Å². The molecule has 0 aliphatic heterocycles. The fourth-order valence-electron chi connectivity index (χ4n) is 1.37. The number of hydrogen-bond acceptors (Lipinski definition) is 5. The lowest BCUT2D eigenvalue weighted by molar-refractivity contribution is 0.0521. The molecule has 0 aromatic heterocycles. The first-order chi connectivity index (χ1) is 8.69. The molecule has 0 unspecified atom stereocenters. The maximum Gasteiger partial charge on any atom is 0.341 e. The number of rotatable bonds is 6. The zero-order valence-corrected chi connectivity index (χ0v) is 10.3. The van der Waals surface area contributed by atoms with Crippen LogP contribution in [0.5, 0.6) is 5.75 Å². The number of nitriles is 1. The summed E-state index contributed by atoms with van der Waals surface area (Å²) in [5.74, 6) is -0.0424. The molecular weight excluding hydrogens is 232 g/mol. The topological polar surface area (TPSA) is 85.3 Å². The molecule has 5 heteroatoms. The Morgan fingerprint density at radius 2 is 2.28 bits per heavy atom. The van der Waals surface area contributed by atoms with Crippen LogP contribution in [0.1, 0.15) is 30.1 Å². The lowest BCUT2D eigenvalue weighted by atomic mass is 10.2. The summed E-state index contributed by atoms with van der Waals surface area (Å²) >= 11 is 0. The molecule has 1 aromatic carbocycles. The van der Waals surface area contributed by atoms with Gasteiger partial charge in [-0.05, 0) is 25.5 Å². The molecule has 0 aliphatic rings. The summed E-state index contributed by atoms with van der Waals surface area (Å²) in [6.07, 6.45) is 1.02. The molecule has 0 fully saturated rings. The Morgan fingerprint density at radius 3 is 2.94 bits per heavy atom.